The van der Waals surface area contributed by atoms with Crippen LogP contribution in [0.5, 0.6) is 5.75 Å². The normalized spacial score (nSPS) is 18.5. The van der Waals surface area contributed by atoms with Crippen LogP contribution >= 0.6 is 0 Å². The second kappa shape index (κ2) is 5.52. The highest BCUT2D eigenvalue weighted by Gasteiger charge is 2.16. The third kappa shape index (κ3) is 3.20. The van der Waals surface area contributed by atoms with Crippen molar-refractivity contribution in [1.82, 2.24) is 4.90 Å². The molecule has 0 bridgehead atoms. The minimum atomic E-state index is 0.390. The lowest BCUT2D eigenvalue weighted by atomic mass is 9.98. The summed E-state index contributed by atoms with van der Waals surface area (Å²) in [7, 11) is 0. The molecule has 3 N–H and O–H groups in total. The van der Waals surface area contributed by atoms with Gasteiger partial charge in [0.2, 0.25) is 0 Å². The van der Waals surface area contributed by atoms with Crippen LogP contribution in [0.4, 0.5) is 0 Å². The predicted molar refractivity (Wildman–Crippen MR) is 69.7 cm³/mol. The number of phenolic OH excluding ortho intramolecular Hbond substituents is 1. The van der Waals surface area contributed by atoms with Gasteiger partial charge in [0, 0.05) is 18.7 Å². The van der Waals surface area contributed by atoms with E-state index in [4.69, 9.17) is 5.73 Å². The Kier molecular flexibility index (Phi) is 4.02. The van der Waals surface area contributed by atoms with Crippen molar-refractivity contribution in [1.29, 1.82) is 0 Å². The van der Waals surface area contributed by atoms with Crippen molar-refractivity contribution in [3.05, 3.63) is 29.3 Å². The second-order valence-electron chi connectivity index (χ2n) is 5.13. The van der Waals surface area contributed by atoms with Crippen LogP contribution in [-0.4, -0.2) is 23.1 Å². The van der Waals surface area contributed by atoms with Gasteiger partial charge in [0.05, 0.1) is 0 Å². The lowest BCUT2D eigenvalue weighted by Gasteiger charge is -2.30. The van der Waals surface area contributed by atoms with Crippen LogP contribution in [0.25, 0.3) is 0 Å². The summed E-state index contributed by atoms with van der Waals surface area (Å²) in [6.45, 7) is 5.95. The largest absolute Gasteiger partial charge is 0.508 e. The van der Waals surface area contributed by atoms with E-state index in [0.29, 0.717) is 12.3 Å². The zero-order valence-electron chi connectivity index (χ0n) is 10.5. The number of benzene rings is 1. The minimum absolute atomic E-state index is 0.390. The zero-order chi connectivity index (χ0) is 12.3. The van der Waals surface area contributed by atoms with E-state index in [1.165, 1.54) is 12.8 Å². The molecule has 2 rings (SSSR count). The first-order chi connectivity index (χ1) is 8.19. The molecule has 0 radical (unpaired) electrons. The Hall–Kier alpha value is -1.06. The van der Waals surface area contributed by atoms with Gasteiger partial charge in [-0.25, -0.2) is 0 Å². The van der Waals surface area contributed by atoms with Gasteiger partial charge in [-0.2, -0.15) is 0 Å². The molecule has 94 valence electrons. The lowest BCUT2D eigenvalue weighted by Crippen LogP contribution is -2.32. The Bertz CT molecular complexity index is 370. The van der Waals surface area contributed by atoms with Gasteiger partial charge < -0.3 is 10.8 Å². The predicted octanol–water partition coefficient (Wildman–Crippen LogP) is 2.08. The average Bonchev–Trinajstić information content (AvgIpc) is 2.35. The van der Waals surface area contributed by atoms with E-state index in [1.54, 1.807) is 6.07 Å². The topological polar surface area (TPSA) is 49.5 Å². The third-order valence-corrected chi connectivity index (χ3v) is 3.65. The number of likely N-dealkylation sites (tertiary alicyclic amines) is 1. The van der Waals surface area contributed by atoms with Crippen LogP contribution < -0.4 is 5.73 Å². The second-order valence-corrected chi connectivity index (χ2v) is 5.13. The number of piperidine rings is 1. The first-order valence-electron chi connectivity index (χ1n) is 6.42. The Morgan fingerprint density at radius 1 is 1.35 bits per heavy atom. The van der Waals surface area contributed by atoms with E-state index >= 15 is 0 Å². The molecular weight excluding hydrogens is 212 g/mol. The molecule has 1 aliphatic rings. The van der Waals surface area contributed by atoms with Gasteiger partial charge >= 0.3 is 0 Å². The van der Waals surface area contributed by atoms with E-state index in [9.17, 15) is 5.11 Å². The summed E-state index contributed by atoms with van der Waals surface area (Å²) in [5, 5.41) is 9.85. The molecule has 0 unspecified atom stereocenters. The number of hydrogen-bond acceptors (Lipinski definition) is 3. The highest BCUT2D eigenvalue weighted by atomic mass is 16.3. The SMILES string of the molecule is CC1CCN(Cc2cc(CN)ccc2O)CC1. The number of rotatable bonds is 3. The van der Waals surface area contributed by atoms with E-state index in [2.05, 4.69) is 11.8 Å². The first kappa shape index (κ1) is 12.4. The summed E-state index contributed by atoms with van der Waals surface area (Å²) >= 11 is 0. The maximum atomic E-state index is 9.85. The van der Waals surface area contributed by atoms with Crippen molar-refractivity contribution in [2.24, 2.45) is 11.7 Å². The minimum Gasteiger partial charge on any atom is -0.508 e. The zero-order valence-corrected chi connectivity index (χ0v) is 10.5. The standard InChI is InChI=1S/C14H22N2O/c1-11-4-6-16(7-5-11)10-13-8-12(9-15)2-3-14(13)17/h2-3,8,11,17H,4-7,9-10,15H2,1H3. The van der Waals surface area contributed by atoms with Crippen LogP contribution in [0.3, 0.4) is 0 Å². The Balaban J connectivity index is 2.02. The first-order valence-corrected chi connectivity index (χ1v) is 6.42. The van der Waals surface area contributed by atoms with Crippen LogP contribution in [-0.2, 0) is 13.1 Å². The highest BCUT2D eigenvalue weighted by molar-refractivity contribution is 5.36. The molecule has 3 nitrogen and oxygen atoms in total. The van der Waals surface area contributed by atoms with E-state index in [-0.39, 0.29) is 0 Å². The maximum Gasteiger partial charge on any atom is 0.120 e. The van der Waals surface area contributed by atoms with Gasteiger partial charge in [0.1, 0.15) is 5.75 Å². The smallest absolute Gasteiger partial charge is 0.120 e. The molecule has 0 aliphatic carbocycles. The number of nitrogens with two attached hydrogens (primary N) is 1. The van der Waals surface area contributed by atoms with E-state index in [0.717, 1.165) is 36.7 Å². The molecule has 1 saturated heterocycles. The van der Waals surface area contributed by atoms with Crippen molar-refractivity contribution >= 4 is 0 Å². The molecule has 1 aliphatic heterocycles. The van der Waals surface area contributed by atoms with Crippen molar-refractivity contribution in [3.63, 3.8) is 0 Å². The molecule has 3 heteroatoms. The monoisotopic (exact) mass is 234 g/mol. The Morgan fingerprint density at radius 3 is 2.71 bits per heavy atom. The van der Waals surface area contributed by atoms with Crippen LogP contribution in [0.2, 0.25) is 0 Å². The van der Waals surface area contributed by atoms with Gasteiger partial charge in [-0.3, -0.25) is 4.90 Å². The van der Waals surface area contributed by atoms with Crippen LogP contribution in [0.15, 0.2) is 18.2 Å². The summed E-state index contributed by atoms with van der Waals surface area (Å²) < 4.78 is 0. The van der Waals surface area contributed by atoms with E-state index in [1.807, 2.05) is 12.1 Å². The summed E-state index contributed by atoms with van der Waals surface area (Å²) in [5.41, 5.74) is 7.71. The van der Waals surface area contributed by atoms with Gasteiger partial charge in [-0.05, 0) is 49.5 Å². The molecule has 0 atom stereocenters. The number of phenols is 1. The molecule has 0 amide bonds. The maximum absolute atomic E-state index is 9.85. The van der Waals surface area contributed by atoms with Crippen LogP contribution in [0.1, 0.15) is 30.9 Å². The molecular formula is C14H22N2O. The molecule has 1 fully saturated rings. The fourth-order valence-corrected chi connectivity index (χ4v) is 2.35. The molecule has 0 saturated carbocycles. The highest BCUT2D eigenvalue weighted by Crippen LogP contribution is 2.23. The summed E-state index contributed by atoms with van der Waals surface area (Å²) in [6.07, 6.45) is 2.52. The molecule has 17 heavy (non-hydrogen) atoms. The number of aromatic hydroxyl groups is 1. The Morgan fingerprint density at radius 2 is 2.06 bits per heavy atom. The molecule has 1 aromatic carbocycles. The fraction of sp³-hybridized carbons (Fsp3) is 0.571. The average molecular weight is 234 g/mol. The lowest BCUT2D eigenvalue weighted by molar-refractivity contribution is 0.183. The number of hydrogen-bond donors (Lipinski definition) is 2. The van der Waals surface area contributed by atoms with Gasteiger partial charge in [0.15, 0.2) is 0 Å². The summed E-state index contributed by atoms with van der Waals surface area (Å²) in [5.74, 6) is 1.23. The molecule has 0 aromatic heterocycles. The van der Waals surface area contributed by atoms with Gasteiger partial charge in [0.25, 0.3) is 0 Å². The molecule has 1 heterocycles. The number of nitrogens with zero attached hydrogens (tertiary/aromatic N) is 1. The van der Waals surface area contributed by atoms with Crippen molar-refractivity contribution in [2.45, 2.75) is 32.9 Å². The third-order valence-electron chi connectivity index (χ3n) is 3.65. The van der Waals surface area contributed by atoms with Crippen molar-refractivity contribution in [2.75, 3.05) is 13.1 Å². The van der Waals surface area contributed by atoms with Gasteiger partial charge in [-0.1, -0.05) is 13.0 Å². The Labute approximate surface area is 103 Å². The van der Waals surface area contributed by atoms with E-state index < -0.39 is 0 Å². The summed E-state index contributed by atoms with van der Waals surface area (Å²) in [6, 6.07) is 5.66. The van der Waals surface area contributed by atoms with Crippen molar-refractivity contribution < 1.29 is 5.11 Å². The summed E-state index contributed by atoms with van der Waals surface area (Å²) in [4.78, 5) is 2.41. The fourth-order valence-electron chi connectivity index (χ4n) is 2.35. The molecule has 1 aromatic rings. The molecule has 0 spiro atoms. The quantitative estimate of drug-likeness (QED) is 0.842. The van der Waals surface area contributed by atoms with Crippen LogP contribution in [0, 0.1) is 5.92 Å². The van der Waals surface area contributed by atoms with Crippen molar-refractivity contribution in [3.8, 4) is 5.75 Å². The van der Waals surface area contributed by atoms with Gasteiger partial charge in [-0.15, -0.1) is 0 Å².